The van der Waals surface area contributed by atoms with Crippen LogP contribution in [0, 0.1) is 11.8 Å². The molecule has 0 aliphatic carbocycles. The Morgan fingerprint density at radius 1 is 1.16 bits per heavy atom. The first-order valence-electron chi connectivity index (χ1n) is 10.7. The predicted octanol–water partition coefficient (Wildman–Crippen LogP) is 1.17. The highest BCUT2D eigenvalue weighted by atomic mass is 16.7. The summed E-state index contributed by atoms with van der Waals surface area (Å²) in [7, 11) is 1.56. The van der Waals surface area contributed by atoms with E-state index in [-0.39, 0.29) is 36.4 Å². The number of ether oxygens (including phenoxy) is 3. The van der Waals surface area contributed by atoms with Crippen molar-refractivity contribution in [3.05, 3.63) is 23.8 Å². The maximum atomic E-state index is 12.9. The Balaban J connectivity index is 1.68. The van der Waals surface area contributed by atoms with Crippen molar-refractivity contribution < 1.29 is 28.6 Å². The molecular formula is C22H31N3O6. The van der Waals surface area contributed by atoms with E-state index in [9.17, 15) is 14.4 Å². The van der Waals surface area contributed by atoms with E-state index >= 15 is 0 Å². The van der Waals surface area contributed by atoms with Crippen LogP contribution in [0.1, 0.15) is 37.0 Å². The van der Waals surface area contributed by atoms with E-state index in [1.54, 1.807) is 25.3 Å². The summed E-state index contributed by atoms with van der Waals surface area (Å²) < 4.78 is 15.6. The van der Waals surface area contributed by atoms with Crippen molar-refractivity contribution in [2.45, 2.75) is 32.7 Å². The number of nitrogens with zero attached hydrogens (tertiary/aromatic N) is 1. The lowest BCUT2D eigenvalue weighted by atomic mass is 9.88. The standard InChI is InChI=1S/C22H31N3O6/c1-14(2)22(28)25-9-6-15(7-10-25)19(21(27)23-8-11-29-3)24-20(26)16-4-5-17-18(12-16)31-13-30-17/h4-5,12,14-15,19H,6-11,13H2,1-3H3,(H,23,27)(H,24,26)/t19-/m1/s1. The highest BCUT2D eigenvalue weighted by molar-refractivity contribution is 5.98. The van der Waals surface area contributed by atoms with Gasteiger partial charge in [0.05, 0.1) is 6.61 Å². The molecule has 2 aliphatic heterocycles. The normalized spacial score (nSPS) is 16.8. The van der Waals surface area contributed by atoms with Crippen LogP contribution < -0.4 is 20.1 Å². The van der Waals surface area contributed by atoms with E-state index in [1.165, 1.54) is 0 Å². The number of fused-ring (bicyclic) bond motifs is 1. The van der Waals surface area contributed by atoms with Crippen LogP contribution in [0.25, 0.3) is 0 Å². The van der Waals surface area contributed by atoms with Gasteiger partial charge in [-0.3, -0.25) is 14.4 Å². The Morgan fingerprint density at radius 2 is 1.87 bits per heavy atom. The molecule has 3 amide bonds. The first kappa shape index (κ1) is 22.9. The van der Waals surface area contributed by atoms with Gasteiger partial charge >= 0.3 is 0 Å². The van der Waals surface area contributed by atoms with Crippen LogP contribution in [0.3, 0.4) is 0 Å². The maximum Gasteiger partial charge on any atom is 0.252 e. The number of likely N-dealkylation sites (tertiary alicyclic amines) is 1. The van der Waals surface area contributed by atoms with Crippen molar-refractivity contribution in [3.63, 3.8) is 0 Å². The first-order chi connectivity index (χ1) is 14.9. The summed E-state index contributed by atoms with van der Waals surface area (Å²) in [6.45, 7) is 5.77. The molecule has 31 heavy (non-hydrogen) atoms. The quantitative estimate of drug-likeness (QED) is 0.596. The molecule has 1 atom stereocenters. The third-order valence-corrected chi connectivity index (χ3v) is 5.63. The largest absolute Gasteiger partial charge is 0.454 e. The van der Waals surface area contributed by atoms with Crippen molar-refractivity contribution in [2.75, 3.05) is 40.1 Å². The number of nitrogens with one attached hydrogen (secondary N) is 2. The second kappa shape index (κ2) is 10.5. The van der Waals surface area contributed by atoms with Gasteiger partial charge in [-0.25, -0.2) is 0 Å². The van der Waals surface area contributed by atoms with E-state index in [0.717, 1.165) is 0 Å². The number of rotatable bonds is 8. The molecule has 1 aromatic rings. The molecule has 0 aromatic heterocycles. The Morgan fingerprint density at radius 3 is 2.55 bits per heavy atom. The lowest BCUT2D eigenvalue weighted by Crippen LogP contribution is -2.54. The summed E-state index contributed by atoms with van der Waals surface area (Å²) in [6, 6.07) is 4.24. The van der Waals surface area contributed by atoms with E-state index in [0.29, 0.717) is 56.1 Å². The van der Waals surface area contributed by atoms with Gasteiger partial charge in [0.2, 0.25) is 18.6 Å². The smallest absolute Gasteiger partial charge is 0.252 e. The zero-order valence-corrected chi connectivity index (χ0v) is 18.3. The van der Waals surface area contributed by atoms with Crippen LogP contribution in [0.15, 0.2) is 18.2 Å². The Labute approximate surface area is 182 Å². The number of benzene rings is 1. The average molecular weight is 434 g/mol. The third-order valence-electron chi connectivity index (χ3n) is 5.63. The number of carbonyl (C=O) groups is 3. The Kier molecular flexibility index (Phi) is 7.73. The minimum atomic E-state index is -0.703. The molecule has 0 bridgehead atoms. The van der Waals surface area contributed by atoms with Gasteiger partial charge in [-0.1, -0.05) is 13.8 Å². The van der Waals surface area contributed by atoms with Crippen LogP contribution in [0.5, 0.6) is 11.5 Å². The molecule has 1 saturated heterocycles. The van der Waals surface area contributed by atoms with Gasteiger partial charge < -0.3 is 29.7 Å². The summed E-state index contributed by atoms with van der Waals surface area (Å²) in [5, 5.41) is 5.72. The van der Waals surface area contributed by atoms with Crippen LogP contribution in [-0.4, -0.2) is 68.8 Å². The lowest BCUT2D eigenvalue weighted by molar-refractivity contribution is -0.136. The zero-order chi connectivity index (χ0) is 22.4. The molecule has 1 aromatic carbocycles. The third kappa shape index (κ3) is 5.66. The Hall–Kier alpha value is -2.81. The van der Waals surface area contributed by atoms with E-state index < -0.39 is 6.04 Å². The summed E-state index contributed by atoms with van der Waals surface area (Å²) >= 11 is 0. The summed E-state index contributed by atoms with van der Waals surface area (Å²) in [4.78, 5) is 39.9. The fourth-order valence-electron chi connectivity index (χ4n) is 3.86. The number of hydrogen-bond acceptors (Lipinski definition) is 6. The molecule has 9 heteroatoms. The van der Waals surface area contributed by atoms with E-state index in [1.807, 2.05) is 18.7 Å². The molecule has 0 saturated carbocycles. The van der Waals surface area contributed by atoms with Crippen molar-refractivity contribution >= 4 is 17.7 Å². The van der Waals surface area contributed by atoms with Gasteiger partial charge in [0.15, 0.2) is 11.5 Å². The topological polar surface area (TPSA) is 106 Å². The summed E-state index contributed by atoms with van der Waals surface area (Å²) in [5.74, 6) is 0.476. The molecule has 0 unspecified atom stereocenters. The molecule has 2 aliphatic rings. The molecule has 2 heterocycles. The second-order valence-electron chi connectivity index (χ2n) is 8.12. The minimum Gasteiger partial charge on any atom is -0.454 e. The number of amides is 3. The number of methoxy groups -OCH3 is 1. The fourth-order valence-corrected chi connectivity index (χ4v) is 3.86. The summed E-state index contributed by atoms with van der Waals surface area (Å²) in [6.07, 6.45) is 1.28. The lowest BCUT2D eigenvalue weighted by Gasteiger charge is -2.36. The molecule has 0 radical (unpaired) electrons. The van der Waals surface area contributed by atoms with Gasteiger partial charge in [-0.15, -0.1) is 0 Å². The first-order valence-corrected chi connectivity index (χ1v) is 10.7. The molecule has 2 N–H and O–H groups in total. The predicted molar refractivity (Wildman–Crippen MR) is 113 cm³/mol. The van der Waals surface area contributed by atoms with Crippen molar-refractivity contribution in [3.8, 4) is 11.5 Å². The fraction of sp³-hybridized carbons (Fsp3) is 0.591. The second-order valence-corrected chi connectivity index (χ2v) is 8.12. The monoisotopic (exact) mass is 433 g/mol. The van der Waals surface area contributed by atoms with Crippen molar-refractivity contribution in [1.29, 1.82) is 0 Å². The molecular weight excluding hydrogens is 402 g/mol. The number of hydrogen-bond donors (Lipinski definition) is 2. The molecule has 9 nitrogen and oxygen atoms in total. The number of piperidine rings is 1. The van der Waals surface area contributed by atoms with Crippen LogP contribution in [-0.2, 0) is 14.3 Å². The molecule has 1 fully saturated rings. The summed E-state index contributed by atoms with van der Waals surface area (Å²) in [5.41, 5.74) is 0.395. The van der Waals surface area contributed by atoms with Crippen molar-refractivity contribution in [1.82, 2.24) is 15.5 Å². The van der Waals surface area contributed by atoms with Gasteiger partial charge in [0.25, 0.3) is 5.91 Å². The molecule has 0 spiro atoms. The van der Waals surface area contributed by atoms with Gasteiger partial charge in [-0.2, -0.15) is 0 Å². The highest BCUT2D eigenvalue weighted by Crippen LogP contribution is 2.32. The highest BCUT2D eigenvalue weighted by Gasteiger charge is 2.34. The number of carbonyl (C=O) groups excluding carboxylic acids is 3. The molecule has 3 rings (SSSR count). The van der Waals surface area contributed by atoms with Crippen molar-refractivity contribution in [2.24, 2.45) is 11.8 Å². The van der Waals surface area contributed by atoms with Gasteiger partial charge in [0, 0.05) is 38.2 Å². The zero-order valence-electron chi connectivity index (χ0n) is 18.3. The van der Waals surface area contributed by atoms with E-state index in [4.69, 9.17) is 14.2 Å². The van der Waals surface area contributed by atoms with Gasteiger partial charge in [0.1, 0.15) is 6.04 Å². The van der Waals surface area contributed by atoms with Crippen LogP contribution in [0.4, 0.5) is 0 Å². The van der Waals surface area contributed by atoms with E-state index in [2.05, 4.69) is 10.6 Å². The maximum absolute atomic E-state index is 12.9. The molecule has 170 valence electrons. The SMILES string of the molecule is COCCNC(=O)[C@H](NC(=O)c1ccc2c(c1)OCO2)C1CCN(C(=O)C(C)C)CC1. The average Bonchev–Trinajstić information content (AvgIpc) is 3.25. The Bertz CT molecular complexity index is 804. The van der Waals surface area contributed by atoms with Gasteiger partial charge in [-0.05, 0) is 37.0 Å². The minimum absolute atomic E-state index is 0.0598. The van der Waals surface area contributed by atoms with Crippen LogP contribution >= 0.6 is 0 Å². The van der Waals surface area contributed by atoms with Crippen LogP contribution in [0.2, 0.25) is 0 Å².